The zero-order chi connectivity index (χ0) is 7.81. The monoisotopic (exact) mass is 163 g/mol. The fourth-order valence-electron chi connectivity index (χ4n) is 3.84. The van der Waals surface area contributed by atoms with Crippen molar-refractivity contribution >= 4 is 0 Å². The van der Waals surface area contributed by atoms with E-state index >= 15 is 0 Å². The Balaban J connectivity index is 1.60. The second kappa shape index (κ2) is 1.61. The smallest absolute Gasteiger partial charge is 0.0188 e. The van der Waals surface area contributed by atoms with Gasteiger partial charge in [0.1, 0.15) is 0 Å². The van der Waals surface area contributed by atoms with Crippen LogP contribution in [0.4, 0.5) is 0 Å². The van der Waals surface area contributed by atoms with Crippen molar-refractivity contribution < 1.29 is 0 Å². The van der Waals surface area contributed by atoms with Crippen LogP contribution in [0.1, 0.15) is 44.9 Å². The summed E-state index contributed by atoms with van der Waals surface area (Å²) in [5, 5.41) is 3.90. The Kier molecular flexibility index (Phi) is 0.863. The Morgan fingerprint density at radius 1 is 0.917 bits per heavy atom. The van der Waals surface area contributed by atoms with Crippen LogP contribution in [0.5, 0.6) is 0 Å². The van der Waals surface area contributed by atoms with E-state index in [2.05, 4.69) is 5.32 Å². The summed E-state index contributed by atoms with van der Waals surface area (Å²) in [4.78, 5) is 0. The van der Waals surface area contributed by atoms with E-state index in [-0.39, 0.29) is 0 Å². The highest BCUT2D eigenvalue weighted by atomic mass is 15.1. The minimum atomic E-state index is 0.686. The SMILES string of the molecule is C1CC12CC1CC3(CC3)NC1C2. The number of hydrogen-bond acceptors (Lipinski definition) is 1. The van der Waals surface area contributed by atoms with Crippen molar-refractivity contribution in [3.05, 3.63) is 0 Å². The number of fused-ring (bicyclic) bond motifs is 1. The standard InChI is InChI=1S/C11H17N/c1-2-10(1)5-8-6-11(3-4-11)12-9(8)7-10/h8-9,12H,1-7H2. The van der Waals surface area contributed by atoms with Gasteiger partial charge in [-0.15, -0.1) is 0 Å². The molecule has 0 radical (unpaired) electrons. The summed E-state index contributed by atoms with van der Waals surface area (Å²) in [6.45, 7) is 0. The van der Waals surface area contributed by atoms with E-state index in [1.54, 1.807) is 19.3 Å². The Bertz CT molecular complexity index is 195. The average Bonchev–Trinajstić information content (AvgIpc) is 2.81. The lowest BCUT2D eigenvalue weighted by Crippen LogP contribution is -2.31. The molecule has 2 spiro atoms. The zero-order valence-electron chi connectivity index (χ0n) is 7.60. The van der Waals surface area contributed by atoms with E-state index < -0.39 is 0 Å². The Labute approximate surface area is 73.9 Å². The van der Waals surface area contributed by atoms with Gasteiger partial charge in [-0.05, 0) is 56.3 Å². The number of rotatable bonds is 0. The lowest BCUT2D eigenvalue weighted by Gasteiger charge is -2.12. The summed E-state index contributed by atoms with van der Waals surface area (Å²) in [5.74, 6) is 1.08. The van der Waals surface area contributed by atoms with Gasteiger partial charge in [0.25, 0.3) is 0 Å². The van der Waals surface area contributed by atoms with E-state index in [4.69, 9.17) is 0 Å². The quantitative estimate of drug-likeness (QED) is 0.576. The molecule has 3 saturated carbocycles. The van der Waals surface area contributed by atoms with Crippen LogP contribution >= 0.6 is 0 Å². The first kappa shape index (κ1) is 6.42. The van der Waals surface area contributed by atoms with Gasteiger partial charge in [-0.1, -0.05) is 0 Å². The second-order valence-corrected chi connectivity index (χ2v) is 5.90. The molecular weight excluding hydrogens is 146 g/mol. The molecule has 3 aliphatic carbocycles. The zero-order valence-corrected chi connectivity index (χ0v) is 7.60. The van der Waals surface area contributed by atoms with Crippen LogP contribution < -0.4 is 5.32 Å². The Morgan fingerprint density at radius 3 is 2.33 bits per heavy atom. The van der Waals surface area contributed by atoms with Gasteiger partial charge >= 0.3 is 0 Å². The molecular formula is C11H17N. The molecule has 4 rings (SSSR count). The predicted octanol–water partition coefficient (Wildman–Crippen LogP) is 2.07. The summed E-state index contributed by atoms with van der Waals surface area (Å²) in [6.07, 6.45) is 10.7. The third-order valence-electron chi connectivity index (χ3n) is 4.87. The minimum absolute atomic E-state index is 0.686. The van der Waals surface area contributed by atoms with E-state index in [0.717, 1.165) is 17.4 Å². The molecule has 4 fully saturated rings. The molecule has 1 N–H and O–H groups in total. The van der Waals surface area contributed by atoms with Crippen LogP contribution in [0.25, 0.3) is 0 Å². The van der Waals surface area contributed by atoms with Crippen molar-refractivity contribution in [2.75, 3.05) is 0 Å². The van der Waals surface area contributed by atoms with Crippen LogP contribution in [-0.4, -0.2) is 11.6 Å². The highest BCUT2D eigenvalue weighted by Crippen LogP contribution is 2.64. The average molecular weight is 163 g/mol. The van der Waals surface area contributed by atoms with Gasteiger partial charge in [-0.2, -0.15) is 0 Å². The maximum absolute atomic E-state index is 3.90. The fourth-order valence-corrected chi connectivity index (χ4v) is 3.84. The fraction of sp³-hybridized carbons (Fsp3) is 1.00. The molecule has 4 aliphatic rings. The van der Waals surface area contributed by atoms with E-state index in [0.29, 0.717) is 5.54 Å². The Hall–Kier alpha value is -0.0400. The molecule has 1 aliphatic heterocycles. The maximum atomic E-state index is 3.90. The molecule has 0 bridgehead atoms. The first-order valence-electron chi connectivity index (χ1n) is 5.57. The van der Waals surface area contributed by atoms with Gasteiger partial charge in [-0.25, -0.2) is 0 Å². The van der Waals surface area contributed by atoms with Crippen molar-refractivity contribution in [1.29, 1.82) is 0 Å². The molecule has 2 unspecified atom stereocenters. The minimum Gasteiger partial charge on any atom is -0.308 e. The van der Waals surface area contributed by atoms with E-state index in [1.165, 1.54) is 25.7 Å². The molecule has 66 valence electrons. The van der Waals surface area contributed by atoms with Gasteiger partial charge in [-0.3, -0.25) is 0 Å². The molecule has 0 aromatic carbocycles. The third-order valence-corrected chi connectivity index (χ3v) is 4.87. The van der Waals surface area contributed by atoms with Gasteiger partial charge in [0.05, 0.1) is 0 Å². The van der Waals surface area contributed by atoms with Crippen LogP contribution in [0, 0.1) is 11.3 Å². The Morgan fingerprint density at radius 2 is 1.75 bits per heavy atom. The molecule has 2 atom stereocenters. The summed E-state index contributed by atoms with van der Waals surface area (Å²) >= 11 is 0. The normalized spacial score (nSPS) is 50.0. The van der Waals surface area contributed by atoms with Crippen molar-refractivity contribution in [1.82, 2.24) is 5.32 Å². The molecule has 1 heterocycles. The van der Waals surface area contributed by atoms with Gasteiger partial charge in [0, 0.05) is 11.6 Å². The lowest BCUT2D eigenvalue weighted by atomic mass is 9.98. The second-order valence-electron chi connectivity index (χ2n) is 5.90. The van der Waals surface area contributed by atoms with Crippen LogP contribution in [0.3, 0.4) is 0 Å². The number of nitrogens with one attached hydrogen (secondary N) is 1. The highest BCUT2D eigenvalue weighted by molar-refractivity contribution is 5.17. The van der Waals surface area contributed by atoms with Crippen molar-refractivity contribution in [3.8, 4) is 0 Å². The summed E-state index contributed by atoms with van der Waals surface area (Å²) in [5.41, 5.74) is 1.56. The molecule has 0 aromatic heterocycles. The third kappa shape index (κ3) is 0.693. The van der Waals surface area contributed by atoms with Crippen LogP contribution in [-0.2, 0) is 0 Å². The van der Waals surface area contributed by atoms with Crippen molar-refractivity contribution in [2.24, 2.45) is 11.3 Å². The molecule has 1 heteroatoms. The van der Waals surface area contributed by atoms with E-state index in [1.807, 2.05) is 0 Å². The molecule has 0 aromatic rings. The van der Waals surface area contributed by atoms with Gasteiger partial charge in [0.2, 0.25) is 0 Å². The summed E-state index contributed by atoms with van der Waals surface area (Å²) in [7, 11) is 0. The topological polar surface area (TPSA) is 12.0 Å². The van der Waals surface area contributed by atoms with Gasteiger partial charge < -0.3 is 5.32 Å². The van der Waals surface area contributed by atoms with E-state index in [9.17, 15) is 0 Å². The van der Waals surface area contributed by atoms with Crippen LogP contribution in [0.15, 0.2) is 0 Å². The van der Waals surface area contributed by atoms with Crippen molar-refractivity contribution in [2.45, 2.75) is 56.5 Å². The summed E-state index contributed by atoms with van der Waals surface area (Å²) < 4.78 is 0. The molecule has 12 heavy (non-hydrogen) atoms. The first-order chi connectivity index (χ1) is 5.79. The summed E-state index contributed by atoms with van der Waals surface area (Å²) in [6, 6.07) is 0.940. The largest absolute Gasteiger partial charge is 0.308 e. The molecule has 0 amide bonds. The highest BCUT2D eigenvalue weighted by Gasteiger charge is 2.61. The predicted molar refractivity (Wildman–Crippen MR) is 47.9 cm³/mol. The van der Waals surface area contributed by atoms with Gasteiger partial charge in [0.15, 0.2) is 0 Å². The van der Waals surface area contributed by atoms with Crippen molar-refractivity contribution in [3.63, 3.8) is 0 Å². The molecule has 1 saturated heterocycles. The lowest BCUT2D eigenvalue weighted by molar-refractivity contribution is 0.431. The van der Waals surface area contributed by atoms with Crippen LogP contribution in [0.2, 0.25) is 0 Å². The maximum Gasteiger partial charge on any atom is 0.0188 e. The number of hydrogen-bond donors (Lipinski definition) is 1. The first-order valence-corrected chi connectivity index (χ1v) is 5.57. The molecule has 1 nitrogen and oxygen atoms in total.